The SMILES string of the molecule is CN(C)c1cc(-c2sc(Nc3cccc(F)c3)nc2-c2cccc(C#N)c2)cnn1. The van der Waals surface area contributed by atoms with Crippen LogP contribution in [0, 0.1) is 17.1 Å². The van der Waals surface area contributed by atoms with E-state index in [0.29, 0.717) is 22.1 Å². The fourth-order valence-electron chi connectivity index (χ4n) is 2.89. The first kappa shape index (κ1) is 19.5. The quantitative estimate of drug-likeness (QED) is 0.488. The number of anilines is 3. The summed E-state index contributed by atoms with van der Waals surface area (Å²) in [7, 11) is 3.80. The summed E-state index contributed by atoms with van der Waals surface area (Å²) in [4.78, 5) is 7.50. The Labute approximate surface area is 177 Å². The summed E-state index contributed by atoms with van der Waals surface area (Å²) in [5.41, 5.74) is 3.54. The molecule has 30 heavy (non-hydrogen) atoms. The van der Waals surface area contributed by atoms with Crippen LogP contribution in [0.3, 0.4) is 0 Å². The van der Waals surface area contributed by atoms with Gasteiger partial charge < -0.3 is 10.2 Å². The maximum absolute atomic E-state index is 13.6. The van der Waals surface area contributed by atoms with Crippen LogP contribution in [0.4, 0.5) is 21.0 Å². The number of rotatable bonds is 5. The van der Waals surface area contributed by atoms with Crippen LogP contribution in [0.5, 0.6) is 0 Å². The van der Waals surface area contributed by atoms with Gasteiger partial charge in [0.2, 0.25) is 0 Å². The Morgan fingerprint density at radius 2 is 1.90 bits per heavy atom. The summed E-state index contributed by atoms with van der Waals surface area (Å²) in [6.07, 6.45) is 1.68. The topological polar surface area (TPSA) is 77.7 Å². The number of halogens is 1. The van der Waals surface area contributed by atoms with Crippen LogP contribution >= 0.6 is 11.3 Å². The van der Waals surface area contributed by atoms with Gasteiger partial charge in [0.1, 0.15) is 5.82 Å². The van der Waals surface area contributed by atoms with Crippen LogP contribution in [0.2, 0.25) is 0 Å². The normalized spacial score (nSPS) is 10.5. The predicted octanol–water partition coefficient (Wildman–Crippen LogP) is 5.09. The molecular formula is C22H17FN6S. The summed E-state index contributed by atoms with van der Waals surface area (Å²) >= 11 is 1.43. The maximum Gasteiger partial charge on any atom is 0.188 e. The van der Waals surface area contributed by atoms with Gasteiger partial charge in [-0.15, -0.1) is 5.10 Å². The molecule has 2 aromatic carbocycles. The zero-order chi connectivity index (χ0) is 21.1. The Morgan fingerprint density at radius 3 is 2.67 bits per heavy atom. The second kappa shape index (κ2) is 8.27. The Bertz CT molecular complexity index is 1240. The van der Waals surface area contributed by atoms with Gasteiger partial charge in [0.15, 0.2) is 10.9 Å². The summed E-state index contributed by atoms with van der Waals surface area (Å²) < 4.78 is 13.6. The minimum atomic E-state index is -0.326. The van der Waals surface area contributed by atoms with E-state index in [4.69, 9.17) is 4.98 Å². The van der Waals surface area contributed by atoms with Crippen molar-refractivity contribution in [3.05, 3.63) is 72.2 Å². The van der Waals surface area contributed by atoms with Crippen molar-refractivity contribution < 1.29 is 4.39 Å². The molecule has 4 aromatic rings. The minimum Gasteiger partial charge on any atom is -0.361 e. The lowest BCUT2D eigenvalue weighted by Gasteiger charge is -2.11. The molecule has 0 fully saturated rings. The molecule has 0 saturated heterocycles. The molecule has 4 rings (SSSR count). The standard InChI is InChI=1S/C22H17FN6S/c1-29(2)19-10-16(13-25-28-19)21-20(15-6-3-5-14(9-15)12-24)27-22(30-21)26-18-8-4-7-17(23)11-18/h3-11,13H,1-2H3,(H,26,27). The van der Waals surface area contributed by atoms with Crippen LogP contribution in [0.1, 0.15) is 5.56 Å². The molecule has 2 aromatic heterocycles. The summed E-state index contributed by atoms with van der Waals surface area (Å²) in [6.45, 7) is 0. The van der Waals surface area contributed by atoms with Gasteiger partial charge in [-0.05, 0) is 36.4 Å². The molecule has 6 nitrogen and oxygen atoms in total. The molecule has 0 saturated carbocycles. The van der Waals surface area contributed by atoms with Crippen LogP contribution in [0.25, 0.3) is 21.7 Å². The third-order valence-corrected chi connectivity index (χ3v) is 5.35. The number of nitrogens with zero attached hydrogens (tertiary/aromatic N) is 5. The van der Waals surface area contributed by atoms with Gasteiger partial charge in [-0.1, -0.05) is 29.5 Å². The maximum atomic E-state index is 13.6. The average molecular weight is 416 g/mol. The van der Waals surface area contributed by atoms with Crippen molar-refractivity contribution in [2.24, 2.45) is 0 Å². The van der Waals surface area contributed by atoms with E-state index in [1.807, 2.05) is 37.2 Å². The zero-order valence-electron chi connectivity index (χ0n) is 16.3. The number of thiazole rings is 1. The summed E-state index contributed by atoms with van der Waals surface area (Å²) in [6, 6.07) is 17.6. The lowest BCUT2D eigenvalue weighted by Crippen LogP contribution is -2.11. The lowest BCUT2D eigenvalue weighted by molar-refractivity contribution is 0.628. The Kier molecular flexibility index (Phi) is 5.37. The monoisotopic (exact) mass is 416 g/mol. The van der Waals surface area contributed by atoms with Crippen molar-refractivity contribution in [1.29, 1.82) is 5.26 Å². The molecule has 2 heterocycles. The number of hydrogen-bond acceptors (Lipinski definition) is 7. The average Bonchev–Trinajstić information content (AvgIpc) is 3.17. The summed E-state index contributed by atoms with van der Waals surface area (Å²) in [5.74, 6) is 0.393. The van der Waals surface area contributed by atoms with Crippen LogP contribution < -0.4 is 10.2 Å². The highest BCUT2D eigenvalue weighted by Crippen LogP contribution is 2.40. The molecule has 148 valence electrons. The van der Waals surface area contributed by atoms with Gasteiger partial charge in [-0.2, -0.15) is 10.4 Å². The smallest absolute Gasteiger partial charge is 0.188 e. The first-order valence-corrected chi connectivity index (χ1v) is 9.89. The van der Waals surface area contributed by atoms with Crippen LogP contribution in [-0.4, -0.2) is 29.3 Å². The molecule has 0 atom stereocenters. The van der Waals surface area contributed by atoms with Gasteiger partial charge in [-0.25, -0.2) is 9.37 Å². The minimum absolute atomic E-state index is 0.326. The number of benzene rings is 2. The van der Waals surface area contributed by atoms with Crippen molar-refractivity contribution in [3.8, 4) is 27.8 Å². The van der Waals surface area contributed by atoms with Crippen LogP contribution in [-0.2, 0) is 0 Å². The Morgan fingerprint density at radius 1 is 1.07 bits per heavy atom. The predicted molar refractivity (Wildman–Crippen MR) is 117 cm³/mol. The number of nitriles is 1. The van der Waals surface area contributed by atoms with Crippen molar-refractivity contribution >= 4 is 28.0 Å². The van der Waals surface area contributed by atoms with Gasteiger partial charge >= 0.3 is 0 Å². The number of nitrogens with one attached hydrogen (secondary N) is 1. The molecule has 0 bridgehead atoms. The highest BCUT2D eigenvalue weighted by atomic mass is 32.1. The molecule has 0 aliphatic heterocycles. The number of aromatic nitrogens is 3. The molecular weight excluding hydrogens is 399 g/mol. The van der Waals surface area contributed by atoms with Gasteiger partial charge in [0.25, 0.3) is 0 Å². The highest BCUT2D eigenvalue weighted by Gasteiger charge is 2.17. The van der Waals surface area contributed by atoms with E-state index >= 15 is 0 Å². The molecule has 0 aliphatic rings. The van der Waals surface area contributed by atoms with Gasteiger partial charge in [-0.3, -0.25) is 0 Å². The van der Waals surface area contributed by atoms with Crippen LogP contribution in [0.15, 0.2) is 60.8 Å². The van der Waals surface area contributed by atoms with E-state index in [9.17, 15) is 9.65 Å². The molecule has 0 radical (unpaired) electrons. The third-order valence-electron chi connectivity index (χ3n) is 4.33. The zero-order valence-corrected chi connectivity index (χ0v) is 17.1. The molecule has 1 N–H and O–H groups in total. The van der Waals surface area contributed by atoms with Crippen molar-refractivity contribution in [2.75, 3.05) is 24.3 Å². The third kappa shape index (κ3) is 4.11. The van der Waals surface area contributed by atoms with Gasteiger partial charge in [0.05, 0.1) is 28.4 Å². The molecule has 8 heteroatoms. The summed E-state index contributed by atoms with van der Waals surface area (Å²) in [5, 5.41) is 21.3. The van der Waals surface area contributed by atoms with E-state index < -0.39 is 0 Å². The first-order chi connectivity index (χ1) is 14.5. The van der Waals surface area contributed by atoms with E-state index in [1.54, 1.807) is 30.5 Å². The molecule has 0 amide bonds. The fraction of sp³-hybridized carbons (Fsp3) is 0.0909. The Balaban J connectivity index is 1.83. The first-order valence-electron chi connectivity index (χ1n) is 9.08. The largest absolute Gasteiger partial charge is 0.361 e. The van der Waals surface area contributed by atoms with Crippen molar-refractivity contribution in [3.63, 3.8) is 0 Å². The van der Waals surface area contributed by atoms with Crippen molar-refractivity contribution in [1.82, 2.24) is 15.2 Å². The lowest BCUT2D eigenvalue weighted by atomic mass is 10.1. The van der Waals surface area contributed by atoms with E-state index in [0.717, 1.165) is 21.8 Å². The van der Waals surface area contributed by atoms with Gasteiger partial charge in [0, 0.05) is 30.9 Å². The van der Waals surface area contributed by atoms with E-state index in [-0.39, 0.29) is 5.82 Å². The Hall–Kier alpha value is -3.83. The van der Waals surface area contributed by atoms with E-state index in [2.05, 4.69) is 21.6 Å². The molecule has 0 aliphatic carbocycles. The number of hydrogen-bond donors (Lipinski definition) is 1. The highest BCUT2D eigenvalue weighted by molar-refractivity contribution is 7.19. The second-order valence-corrected chi connectivity index (χ2v) is 7.72. The fourth-order valence-corrected chi connectivity index (χ4v) is 3.88. The van der Waals surface area contributed by atoms with Crippen molar-refractivity contribution in [2.45, 2.75) is 0 Å². The van der Waals surface area contributed by atoms with E-state index in [1.165, 1.54) is 23.5 Å². The second-order valence-electron chi connectivity index (χ2n) is 6.72. The molecule has 0 unspecified atom stereocenters. The molecule has 0 spiro atoms.